The SMILES string of the molecule is COCOc1ccc(C(=O)c2ccccc2)cc1. The minimum Gasteiger partial charge on any atom is -0.468 e. The lowest BCUT2D eigenvalue weighted by atomic mass is 10.0. The molecule has 0 amide bonds. The Morgan fingerprint density at radius 3 is 2.17 bits per heavy atom. The van der Waals surface area contributed by atoms with E-state index >= 15 is 0 Å². The Balaban J connectivity index is 2.12. The first-order valence-corrected chi connectivity index (χ1v) is 5.63. The molecule has 0 saturated heterocycles. The van der Waals surface area contributed by atoms with Crippen LogP contribution in [0.3, 0.4) is 0 Å². The lowest BCUT2D eigenvalue weighted by Crippen LogP contribution is -2.02. The van der Waals surface area contributed by atoms with Gasteiger partial charge < -0.3 is 9.47 Å². The van der Waals surface area contributed by atoms with Gasteiger partial charge in [-0.2, -0.15) is 0 Å². The molecule has 2 aromatic rings. The fourth-order valence-electron chi connectivity index (χ4n) is 1.59. The smallest absolute Gasteiger partial charge is 0.193 e. The first-order chi connectivity index (χ1) is 8.81. The van der Waals surface area contributed by atoms with Crippen LogP contribution >= 0.6 is 0 Å². The predicted octanol–water partition coefficient (Wildman–Crippen LogP) is 2.90. The molecule has 0 radical (unpaired) electrons. The molecule has 0 spiro atoms. The van der Waals surface area contributed by atoms with Crippen LogP contribution in [0.5, 0.6) is 5.75 Å². The topological polar surface area (TPSA) is 35.5 Å². The summed E-state index contributed by atoms with van der Waals surface area (Å²) in [5, 5.41) is 0. The molecule has 2 rings (SSSR count). The molecule has 0 aromatic heterocycles. The van der Waals surface area contributed by atoms with Gasteiger partial charge in [-0.3, -0.25) is 4.79 Å². The molecule has 0 N–H and O–H groups in total. The summed E-state index contributed by atoms with van der Waals surface area (Å²) < 4.78 is 10.1. The molecular formula is C15H14O3. The molecule has 0 unspecified atom stereocenters. The number of methoxy groups -OCH3 is 1. The van der Waals surface area contributed by atoms with Crippen LogP contribution in [0.4, 0.5) is 0 Å². The summed E-state index contributed by atoms with van der Waals surface area (Å²) in [5.74, 6) is 0.690. The average Bonchev–Trinajstić information content (AvgIpc) is 2.46. The predicted molar refractivity (Wildman–Crippen MR) is 68.8 cm³/mol. The first kappa shape index (κ1) is 12.3. The Labute approximate surface area is 106 Å². The normalized spacial score (nSPS) is 10.1. The van der Waals surface area contributed by atoms with Crippen molar-refractivity contribution in [2.45, 2.75) is 0 Å². The number of rotatable bonds is 5. The highest BCUT2D eigenvalue weighted by Gasteiger charge is 2.07. The van der Waals surface area contributed by atoms with Gasteiger partial charge in [-0.25, -0.2) is 0 Å². The van der Waals surface area contributed by atoms with Crippen LogP contribution in [0.2, 0.25) is 0 Å². The van der Waals surface area contributed by atoms with Crippen molar-refractivity contribution in [3.8, 4) is 5.75 Å². The quantitative estimate of drug-likeness (QED) is 0.597. The molecule has 3 nitrogen and oxygen atoms in total. The number of carbonyl (C=O) groups is 1. The molecule has 0 aliphatic carbocycles. The van der Waals surface area contributed by atoms with E-state index in [2.05, 4.69) is 0 Å². The number of benzene rings is 2. The summed E-state index contributed by atoms with van der Waals surface area (Å²) in [7, 11) is 1.56. The van der Waals surface area contributed by atoms with Crippen LogP contribution in [0.1, 0.15) is 15.9 Å². The van der Waals surface area contributed by atoms with E-state index in [1.165, 1.54) is 0 Å². The summed E-state index contributed by atoms with van der Waals surface area (Å²) >= 11 is 0. The van der Waals surface area contributed by atoms with Gasteiger partial charge in [0.25, 0.3) is 0 Å². The number of carbonyl (C=O) groups excluding carboxylic acids is 1. The van der Waals surface area contributed by atoms with E-state index in [4.69, 9.17) is 9.47 Å². The summed E-state index contributed by atoms with van der Waals surface area (Å²) in [5.41, 5.74) is 1.33. The minimum atomic E-state index is 0.00823. The average molecular weight is 242 g/mol. The van der Waals surface area contributed by atoms with Gasteiger partial charge in [0.15, 0.2) is 12.6 Å². The van der Waals surface area contributed by atoms with Crippen LogP contribution in [-0.4, -0.2) is 19.7 Å². The standard InChI is InChI=1S/C15H14O3/c1-17-11-18-14-9-7-13(8-10-14)15(16)12-5-3-2-4-6-12/h2-10H,11H2,1H3. The molecule has 0 fully saturated rings. The number of ketones is 1. The van der Waals surface area contributed by atoms with E-state index in [0.717, 1.165) is 0 Å². The monoisotopic (exact) mass is 242 g/mol. The van der Waals surface area contributed by atoms with Gasteiger partial charge in [0.1, 0.15) is 5.75 Å². The Morgan fingerprint density at radius 1 is 0.944 bits per heavy atom. The highest BCUT2D eigenvalue weighted by atomic mass is 16.7. The number of hydrogen-bond donors (Lipinski definition) is 0. The van der Waals surface area contributed by atoms with E-state index in [9.17, 15) is 4.79 Å². The van der Waals surface area contributed by atoms with Crippen molar-refractivity contribution in [1.29, 1.82) is 0 Å². The third kappa shape index (κ3) is 2.96. The summed E-state index contributed by atoms with van der Waals surface area (Å²) in [6.07, 6.45) is 0. The second-order valence-corrected chi connectivity index (χ2v) is 3.77. The Hall–Kier alpha value is -2.13. The molecule has 0 aliphatic rings. The first-order valence-electron chi connectivity index (χ1n) is 5.63. The van der Waals surface area contributed by atoms with Gasteiger partial charge in [-0.1, -0.05) is 30.3 Å². The second-order valence-electron chi connectivity index (χ2n) is 3.77. The zero-order chi connectivity index (χ0) is 12.8. The zero-order valence-electron chi connectivity index (χ0n) is 10.1. The van der Waals surface area contributed by atoms with Crippen molar-refractivity contribution in [3.05, 3.63) is 65.7 Å². The van der Waals surface area contributed by atoms with E-state index in [0.29, 0.717) is 16.9 Å². The lowest BCUT2D eigenvalue weighted by Gasteiger charge is -2.05. The van der Waals surface area contributed by atoms with Crippen molar-refractivity contribution in [2.75, 3.05) is 13.9 Å². The largest absolute Gasteiger partial charge is 0.468 e. The third-order valence-electron chi connectivity index (χ3n) is 2.50. The van der Waals surface area contributed by atoms with Crippen LogP contribution in [0.25, 0.3) is 0 Å². The van der Waals surface area contributed by atoms with E-state index in [-0.39, 0.29) is 12.6 Å². The fourth-order valence-corrected chi connectivity index (χ4v) is 1.59. The maximum atomic E-state index is 12.1. The zero-order valence-corrected chi connectivity index (χ0v) is 10.1. The van der Waals surface area contributed by atoms with Gasteiger partial charge >= 0.3 is 0 Å². The van der Waals surface area contributed by atoms with Crippen molar-refractivity contribution in [3.63, 3.8) is 0 Å². The Bertz CT molecular complexity index is 503. The molecule has 0 bridgehead atoms. The molecular weight excluding hydrogens is 228 g/mol. The van der Waals surface area contributed by atoms with Gasteiger partial charge in [-0.05, 0) is 24.3 Å². The van der Waals surface area contributed by atoms with E-state index in [1.807, 2.05) is 18.2 Å². The van der Waals surface area contributed by atoms with Gasteiger partial charge in [-0.15, -0.1) is 0 Å². The maximum Gasteiger partial charge on any atom is 0.193 e. The fraction of sp³-hybridized carbons (Fsp3) is 0.133. The summed E-state index contributed by atoms with van der Waals surface area (Å²) in [6, 6.07) is 16.2. The van der Waals surface area contributed by atoms with Crippen LogP contribution in [0.15, 0.2) is 54.6 Å². The second kappa shape index (κ2) is 5.98. The van der Waals surface area contributed by atoms with E-state index < -0.39 is 0 Å². The number of hydrogen-bond acceptors (Lipinski definition) is 3. The van der Waals surface area contributed by atoms with Gasteiger partial charge in [0.05, 0.1) is 0 Å². The lowest BCUT2D eigenvalue weighted by molar-refractivity contribution is 0.0511. The van der Waals surface area contributed by atoms with Crippen molar-refractivity contribution < 1.29 is 14.3 Å². The molecule has 18 heavy (non-hydrogen) atoms. The molecule has 0 heterocycles. The minimum absolute atomic E-state index is 0.00823. The van der Waals surface area contributed by atoms with Crippen LogP contribution in [-0.2, 0) is 4.74 Å². The molecule has 92 valence electrons. The highest BCUT2D eigenvalue weighted by Crippen LogP contribution is 2.15. The van der Waals surface area contributed by atoms with Crippen molar-refractivity contribution in [2.24, 2.45) is 0 Å². The van der Waals surface area contributed by atoms with Gasteiger partial charge in [0.2, 0.25) is 0 Å². The molecule has 2 aromatic carbocycles. The molecule has 0 saturated carbocycles. The van der Waals surface area contributed by atoms with Crippen LogP contribution < -0.4 is 4.74 Å². The van der Waals surface area contributed by atoms with Gasteiger partial charge in [0, 0.05) is 18.2 Å². The third-order valence-corrected chi connectivity index (χ3v) is 2.50. The van der Waals surface area contributed by atoms with E-state index in [1.54, 1.807) is 43.5 Å². The van der Waals surface area contributed by atoms with Crippen molar-refractivity contribution in [1.82, 2.24) is 0 Å². The maximum absolute atomic E-state index is 12.1. The van der Waals surface area contributed by atoms with Crippen LogP contribution in [0, 0.1) is 0 Å². The summed E-state index contributed by atoms with van der Waals surface area (Å²) in [6.45, 7) is 0.200. The van der Waals surface area contributed by atoms with Crippen molar-refractivity contribution >= 4 is 5.78 Å². The molecule has 3 heteroatoms. The Morgan fingerprint density at radius 2 is 1.56 bits per heavy atom. The summed E-state index contributed by atoms with van der Waals surface area (Å²) in [4.78, 5) is 12.1. The molecule has 0 atom stereocenters. The molecule has 0 aliphatic heterocycles. The number of ether oxygens (including phenoxy) is 2. The Kier molecular flexibility index (Phi) is 4.10. The highest BCUT2D eigenvalue weighted by molar-refractivity contribution is 6.08.